The average Bonchev–Trinajstić information content (AvgIpc) is 2.64. The van der Waals surface area contributed by atoms with E-state index in [1.165, 1.54) is 11.1 Å². The molecule has 0 amide bonds. The summed E-state index contributed by atoms with van der Waals surface area (Å²) in [7, 11) is 0. The van der Waals surface area contributed by atoms with Gasteiger partial charge in [0.05, 0.1) is 11.2 Å². The number of nitrogens with zero attached hydrogens (tertiary/aromatic N) is 3. The molecule has 0 spiro atoms. The molecule has 1 aliphatic rings. The monoisotopic (exact) mass is 344 g/mol. The average molecular weight is 344 g/mol. The predicted molar refractivity (Wildman–Crippen MR) is 107 cm³/mol. The normalized spacial score (nSPS) is 14.0. The van der Waals surface area contributed by atoms with Crippen LogP contribution >= 0.6 is 0 Å². The number of nitrogens with one attached hydrogen (secondary N) is 1. The number of hydrogen-bond acceptors (Lipinski definition) is 4. The first-order chi connectivity index (χ1) is 12.5. The molecule has 0 unspecified atom stereocenters. The van der Waals surface area contributed by atoms with Crippen LogP contribution in [0.15, 0.2) is 48.8 Å². The van der Waals surface area contributed by atoms with E-state index in [1.54, 1.807) is 0 Å². The van der Waals surface area contributed by atoms with Crippen molar-refractivity contribution >= 4 is 22.4 Å². The molecule has 4 heteroatoms. The van der Waals surface area contributed by atoms with E-state index in [9.17, 15) is 0 Å². The van der Waals surface area contributed by atoms with Crippen LogP contribution < -0.4 is 5.32 Å². The standard InChI is InChI=1S/C22H24N4/c1-22(2,3)14-25-21-24-13-18-17(7-4-8-20(18)26-21)15-9-10-19-16(12-15)6-5-11-23-19/h5-7,9-13H,4,8,14H2,1-3H3,(H,24,25,26). The molecule has 0 fully saturated rings. The molecule has 0 atom stereocenters. The lowest BCUT2D eigenvalue weighted by Crippen LogP contribution is -2.21. The van der Waals surface area contributed by atoms with Crippen molar-refractivity contribution in [1.29, 1.82) is 0 Å². The minimum Gasteiger partial charge on any atom is -0.354 e. The van der Waals surface area contributed by atoms with Crippen LogP contribution in [0.5, 0.6) is 0 Å². The van der Waals surface area contributed by atoms with Crippen molar-refractivity contribution in [1.82, 2.24) is 15.0 Å². The Hall–Kier alpha value is -2.75. The number of aryl methyl sites for hydroxylation is 1. The van der Waals surface area contributed by atoms with Gasteiger partial charge < -0.3 is 5.32 Å². The van der Waals surface area contributed by atoms with Gasteiger partial charge in [-0.1, -0.05) is 39.0 Å². The van der Waals surface area contributed by atoms with Gasteiger partial charge in [0.1, 0.15) is 0 Å². The highest BCUT2D eigenvalue weighted by atomic mass is 15.1. The van der Waals surface area contributed by atoms with E-state index in [0.29, 0.717) is 0 Å². The van der Waals surface area contributed by atoms with Crippen LogP contribution in [0, 0.1) is 5.41 Å². The number of hydrogen-bond donors (Lipinski definition) is 1. The number of aromatic nitrogens is 3. The molecule has 0 bridgehead atoms. The molecule has 3 aromatic rings. The first-order valence-electron chi connectivity index (χ1n) is 9.15. The fraction of sp³-hybridized carbons (Fsp3) is 0.318. The van der Waals surface area contributed by atoms with Gasteiger partial charge >= 0.3 is 0 Å². The highest BCUT2D eigenvalue weighted by molar-refractivity contribution is 5.88. The molecule has 2 heterocycles. The number of pyridine rings is 1. The molecular weight excluding hydrogens is 320 g/mol. The molecular formula is C22H24N4. The van der Waals surface area contributed by atoms with Gasteiger partial charge in [0.2, 0.25) is 5.95 Å². The Morgan fingerprint density at radius 2 is 2.00 bits per heavy atom. The Labute approximate surface area is 154 Å². The van der Waals surface area contributed by atoms with Crippen LogP contribution in [0.4, 0.5) is 5.95 Å². The number of fused-ring (bicyclic) bond motifs is 2. The van der Waals surface area contributed by atoms with Crippen LogP contribution in [0.25, 0.3) is 16.5 Å². The molecule has 0 radical (unpaired) electrons. The summed E-state index contributed by atoms with van der Waals surface area (Å²) in [5.74, 6) is 0.725. The van der Waals surface area contributed by atoms with E-state index in [2.05, 4.69) is 66.4 Å². The summed E-state index contributed by atoms with van der Waals surface area (Å²) in [4.78, 5) is 13.7. The third kappa shape index (κ3) is 3.45. The Balaban J connectivity index is 1.66. The second-order valence-electron chi connectivity index (χ2n) is 8.04. The minimum absolute atomic E-state index is 0.198. The van der Waals surface area contributed by atoms with Crippen LogP contribution in [0.2, 0.25) is 0 Å². The van der Waals surface area contributed by atoms with E-state index in [-0.39, 0.29) is 5.41 Å². The number of anilines is 1. The molecule has 4 rings (SSSR count). The van der Waals surface area contributed by atoms with Crippen molar-refractivity contribution in [3.63, 3.8) is 0 Å². The van der Waals surface area contributed by atoms with Crippen LogP contribution in [-0.2, 0) is 6.42 Å². The lowest BCUT2D eigenvalue weighted by molar-refractivity contribution is 0.441. The Morgan fingerprint density at radius 1 is 1.12 bits per heavy atom. The van der Waals surface area contributed by atoms with Crippen molar-refractivity contribution in [3.8, 4) is 0 Å². The van der Waals surface area contributed by atoms with Crippen molar-refractivity contribution < 1.29 is 0 Å². The van der Waals surface area contributed by atoms with Gasteiger partial charge in [-0.05, 0) is 47.6 Å². The third-order valence-corrected chi connectivity index (χ3v) is 4.58. The minimum atomic E-state index is 0.198. The van der Waals surface area contributed by atoms with Crippen molar-refractivity contribution in [2.24, 2.45) is 5.41 Å². The zero-order valence-corrected chi connectivity index (χ0v) is 15.6. The van der Waals surface area contributed by atoms with Crippen molar-refractivity contribution in [2.75, 3.05) is 11.9 Å². The van der Waals surface area contributed by atoms with Crippen molar-refractivity contribution in [3.05, 3.63) is 65.6 Å². The summed E-state index contributed by atoms with van der Waals surface area (Å²) in [5, 5.41) is 4.52. The second kappa shape index (κ2) is 6.52. The van der Waals surface area contributed by atoms with E-state index in [4.69, 9.17) is 4.98 Å². The molecule has 4 nitrogen and oxygen atoms in total. The van der Waals surface area contributed by atoms with Gasteiger partial charge in [-0.15, -0.1) is 0 Å². The van der Waals surface area contributed by atoms with Gasteiger partial charge in [0, 0.05) is 29.9 Å². The largest absolute Gasteiger partial charge is 0.354 e. The third-order valence-electron chi connectivity index (χ3n) is 4.58. The lowest BCUT2D eigenvalue weighted by atomic mass is 9.90. The topological polar surface area (TPSA) is 50.7 Å². The summed E-state index contributed by atoms with van der Waals surface area (Å²) < 4.78 is 0. The molecule has 132 valence electrons. The molecule has 26 heavy (non-hydrogen) atoms. The maximum absolute atomic E-state index is 4.78. The van der Waals surface area contributed by atoms with E-state index >= 15 is 0 Å². The quantitative estimate of drug-likeness (QED) is 0.737. The fourth-order valence-electron chi connectivity index (χ4n) is 3.24. The SMILES string of the molecule is CC(C)(C)CNc1ncc2c(n1)CCC=C2c1ccc2ncccc2c1. The lowest BCUT2D eigenvalue weighted by Gasteiger charge is -2.21. The molecule has 1 aromatic carbocycles. The van der Waals surface area contributed by atoms with Gasteiger partial charge in [-0.2, -0.15) is 0 Å². The van der Waals surface area contributed by atoms with Gasteiger partial charge in [0.25, 0.3) is 0 Å². The van der Waals surface area contributed by atoms with Gasteiger partial charge in [-0.3, -0.25) is 4.98 Å². The summed E-state index contributed by atoms with van der Waals surface area (Å²) >= 11 is 0. The maximum atomic E-state index is 4.78. The summed E-state index contributed by atoms with van der Waals surface area (Å²) in [6.45, 7) is 7.46. The van der Waals surface area contributed by atoms with Gasteiger partial charge in [0.15, 0.2) is 0 Å². The summed E-state index contributed by atoms with van der Waals surface area (Å²) in [6, 6.07) is 10.5. The van der Waals surface area contributed by atoms with Crippen LogP contribution in [-0.4, -0.2) is 21.5 Å². The molecule has 1 N–H and O–H groups in total. The van der Waals surface area contributed by atoms with Crippen molar-refractivity contribution in [2.45, 2.75) is 33.6 Å². The number of rotatable bonds is 3. The fourth-order valence-corrected chi connectivity index (χ4v) is 3.24. The first-order valence-corrected chi connectivity index (χ1v) is 9.15. The Kier molecular flexibility index (Phi) is 4.19. The first kappa shape index (κ1) is 16.7. The molecule has 0 saturated carbocycles. The Bertz CT molecular complexity index is 983. The Morgan fingerprint density at radius 3 is 2.85 bits per heavy atom. The highest BCUT2D eigenvalue weighted by Crippen LogP contribution is 2.32. The van der Waals surface area contributed by atoms with Gasteiger partial charge in [-0.25, -0.2) is 9.97 Å². The summed E-state index contributed by atoms with van der Waals surface area (Å²) in [6.07, 6.45) is 8.05. The van der Waals surface area contributed by atoms with Crippen LogP contribution in [0.1, 0.15) is 44.0 Å². The zero-order valence-electron chi connectivity index (χ0n) is 15.6. The number of benzene rings is 1. The van der Waals surface area contributed by atoms with E-state index < -0.39 is 0 Å². The zero-order chi connectivity index (χ0) is 18.1. The smallest absolute Gasteiger partial charge is 0.222 e. The molecule has 0 saturated heterocycles. The highest BCUT2D eigenvalue weighted by Gasteiger charge is 2.18. The molecule has 0 aliphatic heterocycles. The molecule has 1 aliphatic carbocycles. The van der Waals surface area contributed by atoms with E-state index in [0.717, 1.165) is 47.5 Å². The maximum Gasteiger partial charge on any atom is 0.222 e. The van der Waals surface area contributed by atoms with E-state index in [1.807, 2.05) is 18.5 Å². The molecule has 2 aromatic heterocycles. The predicted octanol–water partition coefficient (Wildman–Crippen LogP) is 4.86. The van der Waals surface area contributed by atoms with Crippen LogP contribution in [0.3, 0.4) is 0 Å². The summed E-state index contributed by atoms with van der Waals surface area (Å²) in [5.41, 5.74) is 5.90. The second-order valence-corrected chi connectivity index (χ2v) is 8.04. The number of allylic oxidation sites excluding steroid dienone is 1.